The highest BCUT2D eigenvalue weighted by molar-refractivity contribution is 5.91. The Morgan fingerprint density at radius 1 is 1.00 bits per heavy atom. The summed E-state index contributed by atoms with van der Waals surface area (Å²) in [6, 6.07) is 21.3. The lowest BCUT2D eigenvalue weighted by Gasteiger charge is -2.11. The van der Waals surface area contributed by atoms with Crippen LogP contribution in [-0.2, 0) is 4.79 Å². The topological polar surface area (TPSA) is 41.5 Å². The number of benzene rings is 3. The van der Waals surface area contributed by atoms with E-state index < -0.39 is 0 Å². The second-order valence-electron chi connectivity index (χ2n) is 7.15. The van der Waals surface area contributed by atoms with Crippen LogP contribution in [0.1, 0.15) is 25.8 Å². The Hall–Kier alpha value is -2.94. The molecule has 0 aliphatic heterocycles. The summed E-state index contributed by atoms with van der Waals surface area (Å²) < 4.78 is 0. The Kier molecular flexibility index (Phi) is 5.70. The van der Waals surface area contributed by atoms with Crippen molar-refractivity contribution in [1.82, 2.24) is 5.32 Å². The summed E-state index contributed by atoms with van der Waals surface area (Å²) >= 11 is 0. The molecule has 3 rings (SSSR count). The summed E-state index contributed by atoms with van der Waals surface area (Å²) in [5.74, 6) is 0.146. The largest absolute Gasteiger partial charge is 0.359 e. The van der Waals surface area contributed by atoms with E-state index in [-0.39, 0.29) is 11.8 Å². The van der Waals surface area contributed by atoms with Crippen molar-refractivity contribution >= 4 is 28.1 Å². The molecule has 3 nitrogen and oxygen atoms in total. The average molecular weight is 358 g/mol. The van der Waals surface area contributed by atoms with Gasteiger partial charge in [0, 0.05) is 25.1 Å². The van der Waals surface area contributed by atoms with E-state index in [1.54, 1.807) is 7.05 Å². The van der Waals surface area contributed by atoms with Crippen molar-refractivity contribution in [1.29, 1.82) is 0 Å². The first-order valence-electron chi connectivity index (χ1n) is 9.33. The van der Waals surface area contributed by atoms with Gasteiger partial charge in [-0.15, -0.1) is 0 Å². The second-order valence-corrected chi connectivity index (χ2v) is 7.15. The number of nitrogens with zero attached hydrogens (tertiary/aromatic N) is 1. The third-order valence-electron chi connectivity index (χ3n) is 4.93. The number of nitrogens with one attached hydrogen (secondary N) is 1. The number of hydrogen-bond donors (Lipinski definition) is 1. The zero-order valence-corrected chi connectivity index (χ0v) is 16.4. The van der Waals surface area contributed by atoms with Crippen molar-refractivity contribution in [2.45, 2.75) is 27.2 Å². The molecule has 0 spiro atoms. The maximum Gasteiger partial charge on any atom is 0.220 e. The van der Waals surface area contributed by atoms with E-state index in [4.69, 9.17) is 4.99 Å². The van der Waals surface area contributed by atoms with Crippen molar-refractivity contribution < 1.29 is 4.79 Å². The number of carbonyl (C=O) groups excluding carboxylic acids is 1. The van der Waals surface area contributed by atoms with Crippen LogP contribution in [-0.4, -0.2) is 18.7 Å². The fraction of sp³-hybridized carbons (Fsp3) is 0.250. The molecular formula is C24H26N2O. The lowest BCUT2D eigenvalue weighted by Crippen LogP contribution is -2.22. The molecule has 0 heterocycles. The predicted molar refractivity (Wildman–Crippen MR) is 115 cm³/mol. The van der Waals surface area contributed by atoms with Crippen LogP contribution in [0.15, 0.2) is 65.7 Å². The molecule has 0 saturated heterocycles. The minimum atomic E-state index is 0.0399. The van der Waals surface area contributed by atoms with E-state index in [1.165, 1.54) is 21.9 Å². The molecule has 3 aromatic carbocycles. The zero-order valence-electron chi connectivity index (χ0n) is 16.4. The Balaban J connectivity index is 1.93. The van der Waals surface area contributed by atoms with Crippen LogP contribution in [0.3, 0.4) is 0 Å². The first kappa shape index (κ1) is 18.8. The highest BCUT2D eigenvalue weighted by Gasteiger charge is 2.11. The Morgan fingerprint density at radius 2 is 1.74 bits per heavy atom. The van der Waals surface area contributed by atoms with Crippen LogP contribution in [0.25, 0.3) is 21.9 Å². The van der Waals surface area contributed by atoms with Crippen molar-refractivity contribution in [2.75, 3.05) is 7.05 Å². The first-order chi connectivity index (χ1) is 13.0. The van der Waals surface area contributed by atoms with E-state index in [0.29, 0.717) is 6.42 Å². The number of hydrogen-bond acceptors (Lipinski definition) is 2. The van der Waals surface area contributed by atoms with E-state index in [2.05, 4.69) is 72.9 Å². The number of aliphatic imine (C=N–C) groups is 1. The van der Waals surface area contributed by atoms with Gasteiger partial charge in [0.15, 0.2) is 0 Å². The molecule has 1 N–H and O–H groups in total. The smallest absolute Gasteiger partial charge is 0.220 e. The van der Waals surface area contributed by atoms with Crippen LogP contribution in [0, 0.1) is 12.8 Å². The molecule has 0 radical (unpaired) electrons. The normalized spacial score (nSPS) is 12.8. The molecule has 1 amide bonds. The SMILES string of the molecule is CNC(=O)CC(C)C(C)=Nc1cc(C)cc(-c2ccc3ccccc3c2)c1. The molecule has 138 valence electrons. The Morgan fingerprint density at radius 3 is 2.48 bits per heavy atom. The van der Waals surface area contributed by atoms with Crippen LogP contribution >= 0.6 is 0 Å². The van der Waals surface area contributed by atoms with Gasteiger partial charge in [0.2, 0.25) is 5.91 Å². The van der Waals surface area contributed by atoms with Gasteiger partial charge < -0.3 is 5.32 Å². The molecule has 1 atom stereocenters. The highest BCUT2D eigenvalue weighted by atomic mass is 16.1. The van der Waals surface area contributed by atoms with Gasteiger partial charge in [-0.3, -0.25) is 9.79 Å². The van der Waals surface area contributed by atoms with Gasteiger partial charge in [0.1, 0.15) is 0 Å². The van der Waals surface area contributed by atoms with Gasteiger partial charge in [-0.2, -0.15) is 0 Å². The maximum atomic E-state index is 11.6. The van der Waals surface area contributed by atoms with E-state index >= 15 is 0 Å². The molecule has 0 aliphatic rings. The Labute approximate surface area is 161 Å². The molecule has 3 aromatic rings. The second kappa shape index (κ2) is 8.17. The number of amides is 1. The van der Waals surface area contributed by atoms with Gasteiger partial charge in [-0.1, -0.05) is 49.4 Å². The van der Waals surface area contributed by atoms with Gasteiger partial charge >= 0.3 is 0 Å². The van der Waals surface area contributed by atoms with Crippen LogP contribution in [0.5, 0.6) is 0 Å². The predicted octanol–water partition coefficient (Wildman–Crippen LogP) is 5.68. The highest BCUT2D eigenvalue weighted by Crippen LogP contribution is 2.29. The molecular weight excluding hydrogens is 332 g/mol. The van der Waals surface area contributed by atoms with Gasteiger partial charge in [0.25, 0.3) is 0 Å². The lowest BCUT2D eigenvalue weighted by molar-refractivity contribution is -0.121. The van der Waals surface area contributed by atoms with Gasteiger partial charge in [0.05, 0.1) is 5.69 Å². The van der Waals surface area contributed by atoms with Crippen LogP contribution < -0.4 is 5.32 Å². The quantitative estimate of drug-likeness (QED) is 0.586. The molecule has 0 bridgehead atoms. The molecule has 0 saturated carbocycles. The maximum absolute atomic E-state index is 11.6. The lowest BCUT2D eigenvalue weighted by atomic mass is 9.99. The molecule has 0 aliphatic carbocycles. The van der Waals surface area contributed by atoms with Gasteiger partial charge in [-0.05, 0) is 59.5 Å². The van der Waals surface area contributed by atoms with Crippen molar-refractivity contribution in [2.24, 2.45) is 10.9 Å². The van der Waals surface area contributed by atoms with Crippen LogP contribution in [0.4, 0.5) is 5.69 Å². The molecule has 0 fully saturated rings. The summed E-state index contributed by atoms with van der Waals surface area (Å²) in [5.41, 5.74) is 5.41. The first-order valence-corrected chi connectivity index (χ1v) is 9.33. The third-order valence-corrected chi connectivity index (χ3v) is 4.93. The van der Waals surface area contributed by atoms with Crippen molar-refractivity contribution in [3.05, 3.63) is 66.2 Å². The van der Waals surface area contributed by atoms with Crippen molar-refractivity contribution in [3.8, 4) is 11.1 Å². The number of fused-ring (bicyclic) bond motifs is 1. The summed E-state index contributed by atoms with van der Waals surface area (Å²) in [6.07, 6.45) is 0.454. The number of aryl methyl sites for hydroxylation is 1. The van der Waals surface area contributed by atoms with Crippen molar-refractivity contribution in [3.63, 3.8) is 0 Å². The van der Waals surface area contributed by atoms with E-state index in [0.717, 1.165) is 17.0 Å². The summed E-state index contributed by atoms with van der Waals surface area (Å²) in [5, 5.41) is 5.15. The minimum absolute atomic E-state index is 0.0399. The third kappa shape index (κ3) is 4.62. The number of rotatable bonds is 5. The average Bonchev–Trinajstić information content (AvgIpc) is 2.66. The summed E-state index contributed by atoms with van der Waals surface area (Å²) in [6.45, 7) is 6.12. The molecule has 3 heteroatoms. The van der Waals surface area contributed by atoms with E-state index in [9.17, 15) is 4.79 Å². The zero-order chi connectivity index (χ0) is 19.4. The fourth-order valence-corrected chi connectivity index (χ4v) is 3.20. The molecule has 0 aromatic heterocycles. The summed E-state index contributed by atoms with van der Waals surface area (Å²) in [4.78, 5) is 16.4. The van der Waals surface area contributed by atoms with E-state index in [1.807, 2.05) is 13.8 Å². The monoisotopic (exact) mass is 358 g/mol. The standard InChI is InChI=1S/C24H26N2O/c1-16-11-22(21-10-9-19-7-5-6-8-20(19)14-21)15-23(12-16)26-18(3)17(2)13-24(27)25-4/h5-12,14-15,17H,13H2,1-4H3,(H,25,27). The fourth-order valence-electron chi connectivity index (χ4n) is 3.20. The molecule has 27 heavy (non-hydrogen) atoms. The minimum Gasteiger partial charge on any atom is -0.359 e. The van der Waals surface area contributed by atoms with Gasteiger partial charge in [-0.25, -0.2) is 0 Å². The number of carbonyl (C=O) groups is 1. The molecule has 1 unspecified atom stereocenters. The Bertz CT molecular complexity index is 1000. The summed E-state index contributed by atoms with van der Waals surface area (Å²) in [7, 11) is 1.66. The van der Waals surface area contributed by atoms with Crippen LogP contribution in [0.2, 0.25) is 0 Å².